The van der Waals surface area contributed by atoms with Crippen molar-refractivity contribution in [2.45, 2.75) is 13.2 Å². The van der Waals surface area contributed by atoms with Gasteiger partial charge in [0, 0.05) is 9.13 Å². The highest BCUT2D eigenvalue weighted by atomic mass is 127. The number of halogens is 2. The van der Waals surface area contributed by atoms with Gasteiger partial charge in [-0.2, -0.15) is 5.26 Å². The summed E-state index contributed by atoms with van der Waals surface area (Å²) in [6.07, 6.45) is 1.71. The molecule has 3 aromatic carbocycles. The van der Waals surface area contributed by atoms with Crippen molar-refractivity contribution < 1.29 is 14.3 Å². The first-order valence-electron chi connectivity index (χ1n) is 9.85. The predicted molar refractivity (Wildman–Crippen MR) is 145 cm³/mol. The first-order chi connectivity index (χ1) is 16.0. The molecular formula is C25H16I2N2O3S. The molecule has 33 heavy (non-hydrogen) atoms. The van der Waals surface area contributed by atoms with E-state index >= 15 is 0 Å². The minimum atomic E-state index is -0.374. The van der Waals surface area contributed by atoms with E-state index in [0.29, 0.717) is 28.4 Å². The van der Waals surface area contributed by atoms with Crippen LogP contribution < -0.4 is 4.74 Å². The van der Waals surface area contributed by atoms with Crippen molar-refractivity contribution in [2.24, 2.45) is 0 Å². The fourth-order valence-corrected chi connectivity index (χ4v) is 6.16. The second-order valence-electron chi connectivity index (χ2n) is 7.12. The lowest BCUT2D eigenvalue weighted by molar-refractivity contribution is -0.123. The molecule has 0 radical (unpaired) electrons. The van der Waals surface area contributed by atoms with E-state index in [2.05, 4.69) is 51.3 Å². The summed E-state index contributed by atoms with van der Waals surface area (Å²) in [5, 5.41) is 8.96. The lowest BCUT2D eigenvalue weighted by atomic mass is 10.1. The average Bonchev–Trinajstić information content (AvgIpc) is 3.07. The van der Waals surface area contributed by atoms with E-state index in [-0.39, 0.29) is 17.7 Å². The van der Waals surface area contributed by atoms with E-state index in [9.17, 15) is 14.9 Å². The molecule has 1 aliphatic heterocycles. The van der Waals surface area contributed by atoms with Gasteiger partial charge < -0.3 is 4.74 Å². The van der Waals surface area contributed by atoms with E-state index in [1.165, 1.54) is 4.90 Å². The molecular weight excluding hydrogens is 662 g/mol. The third-order valence-corrected chi connectivity index (χ3v) is 7.22. The van der Waals surface area contributed by atoms with Gasteiger partial charge in [-0.1, -0.05) is 48.5 Å². The molecule has 0 saturated carbocycles. The van der Waals surface area contributed by atoms with Gasteiger partial charge in [-0.3, -0.25) is 14.5 Å². The summed E-state index contributed by atoms with van der Waals surface area (Å²) in [6, 6.07) is 22.9. The van der Waals surface area contributed by atoms with Crippen molar-refractivity contribution in [1.82, 2.24) is 4.90 Å². The second-order valence-corrected chi connectivity index (χ2v) is 10.5. The molecule has 0 N–H and O–H groups in total. The van der Waals surface area contributed by atoms with Crippen molar-refractivity contribution in [3.8, 4) is 11.8 Å². The van der Waals surface area contributed by atoms with Gasteiger partial charge in [0.05, 0.1) is 26.7 Å². The number of imide groups is 1. The van der Waals surface area contributed by atoms with E-state index in [0.717, 1.165) is 30.0 Å². The molecule has 1 heterocycles. The Balaban J connectivity index is 1.61. The summed E-state index contributed by atoms with van der Waals surface area (Å²) >= 11 is 5.34. The number of nitrogens with zero attached hydrogens (tertiary/aromatic N) is 2. The van der Waals surface area contributed by atoms with Crippen molar-refractivity contribution in [3.63, 3.8) is 0 Å². The Labute approximate surface area is 223 Å². The highest BCUT2D eigenvalue weighted by Gasteiger charge is 2.35. The molecule has 0 atom stereocenters. The monoisotopic (exact) mass is 678 g/mol. The molecule has 5 nitrogen and oxygen atoms in total. The van der Waals surface area contributed by atoms with Gasteiger partial charge in [0.2, 0.25) is 0 Å². The third-order valence-electron chi connectivity index (χ3n) is 4.89. The van der Waals surface area contributed by atoms with E-state index in [4.69, 9.17) is 4.74 Å². The average molecular weight is 678 g/mol. The maximum Gasteiger partial charge on any atom is 0.293 e. The summed E-state index contributed by atoms with van der Waals surface area (Å²) in [5.41, 5.74) is 2.86. The number of ether oxygens (including phenoxy) is 1. The van der Waals surface area contributed by atoms with Crippen LogP contribution in [-0.2, 0) is 17.9 Å². The third kappa shape index (κ3) is 5.59. The summed E-state index contributed by atoms with van der Waals surface area (Å²) in [4.78, 5) is 27.2. The predicted octanol–water partition coefficient (Wildman–Crippen LogP) is 6.58. The molecule has 164 valence electrons. The molecule has 1 aliphatic rings. The molecule has 0 bridgehead atoms. The molecule has 1 saturated heterocycles. The maximum atomic E-state index is 13.1. The van der Waals surface area contributed by atoms with Crippen LogP contribution in [0.1, 0.15) is 22.3 Å². The number of rotatable bonds is 6. The fourth-order valence-electron chi connectivity index (χ4n) is 3.28. The Hall–Kier alpha value is -2.36. The SMILES string of the molecule is N#Cc1ccccc1CN1C(=O)S/C(=C/c2cc(I)cc(I)c2OCc2ccccc2)C1=O. The standard InChI is InChI=1S/C25H16I2N2O3S/c26-20-10-19(23(21(27)12-20)32-15-16-6-2-1-3-7-16)11-22-24(30)29(25(31)33-22)14-18-9-5-4-8-17(18)13-28/h1-12H,14-15H2/b22-11+. The number of carbonyl (C=O) groups is 2. The zero-order valence-electron chi connectivity index (χ0n) is 17.1. The fraction of sp³-hybridized carbons (Fsp3) is 0.0800. The van der Waals surface area contributed by atoms with Gasteiger partial charge in [0.1, 0.15) is 12.4 Å². The van der Waals surface area contributed by atoms with Gasteiger partial charge in [-0.25, -0.2) is 0 Å². The Bertz CT molecular complexity index is 1300. The molecule has 1 fully saturated rings. The molecule has 8 heteroatoms. The first kappa shape index (κ1) is 23.8. The van der Waals surface area contributed by atoms with Gasteiger partial charge in [0.15, 0.2) is 0 Å². The number of hydrogen-bond donors (Lipinski definition) is 0. The Morgan fingerprint density at radius 3 is 2.52 bits per heavy atom. The van der Waals surface area contributed by atoms with E-state index in [1.807, 2.05) is 42.5 Å². The second kappa shape index (κ2) is 10.7. The number of nitriles is 1. The summed E-state index contributed by atoms with van der Waals surface area (Å²) in [6.45, 7) is 0.456. The van der Waals surface area contributed by atoms with Crippen LogP contribution in [-0.4, -0.2) is 16.0 Å². The van der Waals surface area contributed by atoms with Crippen LogP contribution >= 0.6 is 56.9 Å². The highest BCUT2D eigenvalue weighted by molar-refractivity contribution is 14.1. The summed E-state index contributed by atoms with van der Waals surface area (Å²) in [5.74, 6) is 0.294. The van der Waals surface area contributed by atoms with Crippen LogP contribution in [0.5, 0.6) is 5.75 Å². The summed E-state index contributed by atoms with van der Waals surface area (Å²) in [7, 11) is 0. The van der Waals surface area contributed by atoms with Crippen molar-refractivity contribution in [3.05, 3.63) is 101 Å². The zero-order valence-corrected chi connectivity index (χ0v) is 22.3. The van der Waals surface area contributed by atoms with Crippen LogP contribution in [0.3, 0.4) is 0 Å². The van der Waals surface area contributed by atoms with E-state index in [1.54, 1.807) is 30.3 Å². The van der Waals surface area contributed by atoms with Crippen LogP contribution in [0.15, 0.2) is 71.6 Å². The van der Waals surface area contributed by atoms with Gasteiger partial charge in [-0.15, -0.1) is 0 Å². The lowest BCUT2D eigenvalue weighted by Gasteiger charge is -2.14. The molecule has 4 rings (SSSR count). The molecule has 3 aromatic rings. The number of benzene rings is 3. The molecule has 0 aromatic heterocycles. The molecule has 0 aliphatic carbocycles. The topological polar surface area (TPSA) is 70.4 Å². The van der Waals surface area contributed by atoms with Gasteiger partial charge in [0.25, 0.3) is 11.1 Å². The zero-order chi connectivity index (χ0) is 23.4. The number of carbonyl (C=O) groups excluding carboxylic acids is 2. The quantitative estimate of drug-likeness (QED) is 0.218. The van der Waals surface area contributed by atoms with E-state index < -0.39 is 0 Å². The van der Waals surface area contributed by atoms with Crippen molar-refractivity contribution in [1.29, 1.82) is 5.26 Å². The van der Waals surface area contributed by atoms with Crippen LogP contribution in [0.25, 0.3) is 6.08 Å². The summed E-state index contributed by atoms with van der Waals surface area (Å²) < 4.78 is 8.04. The lowest BCUT2D eigenvalue weighted by Crippen LogP contribution is -2.27. The largest absolute Gasteiger partial charge is 0.487 e. The molecule has 2 amide bonds. The molecule has 0 unspecified atom stereocenters. The number of amides is 2. The number of hydrogen-bond acceptors (Lipinski definition) is 5. The Morgan fingerprint density at radius 1 is 1.03 bits per heavy atom. The molecule has 0 spiro atoms. The maximum absolute atomic E-state index is 13.1. The van der Waals surface area contributed by atoms with Crippen LogP contribution in [0, 0.1) is 18.5 Å². The van der Waals surface area contributed by atoms with Gasteiger partial charge >= 0.3 is 0 Å². The van der Waals surface area contributed by atoms with Crippen molar-refractivity contribution in [2.75, 3.05) is 0 Å². The number of thioether (sulfide) groups is 1. The first-order valence-corrected chi connectivity index (χ1v) is 12.8. The van der Waals surface area contributed by atoms with Crippen LogP contribution in [0.2, 0.25) is 0 Å². The van der Waals surface area contributed by atoms with Gasteiger partial charge in [-0.05, 0) is 92.3 Å². The minimum Gasteiger partial charge on any atom is -0.487 e. The smallest absolute Gasteiger partial charge is 0.293 e. The normalized spacial score (nSPS) is 14.6. The van der Waals surface area contributed by atoms with Crippen LogP contribution in [0.4, 0.5) is 4.79 Å². The Kier molecular flexibility index (Phi) is 7.72. The Morgan fingerprint density at radius 2 is 1.76 bits per heavy atom. The van der Waals surface area contributed by atoms with Crippen molar-refractivity contribution >= 4 is 74.2 Å². The highest BCUT2D eigenvalue weighted by Crippen LogP contribution is 2.37. The minimum absolute atomic E-state index is 0.0625.